The zero-order valence-electron chi connectivity index (χ0n) is 9.74. The van der Waals surface area contributed by atoms with Crippen molar-refractivity contribution in [1.29, 1.82) is 0 Å². The Morgan fingerprint density at radius 3 is 2.61 bits per heavy atom. The van der Waals surface area contributed by atoms with E-state index in [9.17, 15) is 19.5 Å². The molecule has 1 fully saturated rings. The van der Waals surface area contributed by atoms with Crippen LogP contribution >= 0.6 is 11.8 Å². The van der Waals surface area contributed by atoms with E-state index in [1.807, 2.05) is 0 Å². The molecule has 2 atom stereocenters. The molecule has 1 aliphatic heterocycles. The number of aliphatic hydroxyl groups excluding tert-OH is 1. The fourth-order valence-electron chi connectivity index (χ4n) is 1.80. The van der Waals surface area contributed by atoms with Crippen LogP contribution in [0.25, 0.3) is 0 Å². The Morgan fingerprint density at radius 2 is 2.06 bits per heavy atom. The zero-order chi connectivity index (χ0) is 13.7. The molecule has 0 unspecified atom stereocenters. The van der Waals surface area contributed by atoms with Crippen molar-refractivity contribution in [3.05, 3.63) is 0 Å². The second-order valence-electron chi connectivity index (χ2n) is 4.06. The third-order valence-corrected chi connectivity index (χ3v) is 3.57. The highest BCUT2D eigenvalue weighted by Crippen LogP contribution is 2.19. The minimum Gasteiger partial charge on any atom is -0.480 e. The molecule has 1 rings (SSSR count). The number of carbonyl (C=O) groups excluding carboxylic acids is 2. The van der Waals surface area contributed by atoms with Crippen LogP contribution in [-0.2, 0) is 14.4 Å². The van der Waals surface area contributed by atoms with Crippen molar-refractivity contribution in [1.82, 2.24) is 4.90 Å². The van der Waals surface area contributed by atoms with Crippen LogP contribution in [0, 0.1) is 0 Å². The number of hydrogen-bond donors (Lipinski definition) is 3. The van der Waals surface area contributed by atoms with Crippen molar-refractivity contribution in [2.75, 3.05) is 18.1 Å². The normalized spacial score (nSPS) is 23.1. The summed E-state index contributed by atoms with van der Waals surface area (Å²) in [5.41, 5.74) is 4.95. The second-order valence-corrected chi connectivity index (χ2v) is 5.16. The standard InChI is InChI=1S/C10H16N2O5S/c11-8(14)5-18-2-1-9(15)12-4-6(13)3-7(12)10(16)17/h6-7,13H,1-5H2,(H2,11,14)(H,16,17)/t6-,7-/m1/s1. The highest BCUT2D eigenvalue weighted by molar-refractivity contribution is 7.99. The number of thioether (sulfide) groups is 1. The van der Waals surface area contributed by atoms with Crippen LogP contribution in [-0.4, -0.2) is 63.1 Å². The molecule has 0 aromatic carbocycles. The van der Waals surface area contributed by atoms with E-state index in [0.717, 1.165) is 0 Å². The van der Waals surface area contributed by atoms with E-state index in [4.69, 9.17) is 10.8 Å². The molecule has 8 heteroatoms. The number of amides is 2. The van der Waals surface area contributed by atoms with Crippen molar-refractivity contribution in [2.24, 2.45) is 5.73 Å². The Bertz CT molecular complexity index is 349. The summed E-state index contributed by atoms with van der Waals surface area (Å²) >= 11 is 1.23. The monoisotopic (exact) mass is 276 g/mol. The molecule has 1 saturated heterocycles. The minimum atomic E-state index is -1.11. The number of carbonyl (C=O) groups is 3. The van der Waals surface area contributed by atoms with Crippen LogP contribution in [0.4, 0.5) is 0 Å². The number of β-amino-alcohol motifs (C(OH)–C–C–N with tert-alkyl or cyclic N) is 1. The van der Waals surface area contributed by atoms with Gasteiger partial charge in [-0.1, -0.05) is 0 Å². The van der Waals surface area contributed by atoms with Gasteiger partial charge in [0.1, 0.15) is 6.04 Å². The number of nitrogens with two attached hydrogens (primary N) is 1. The topological polar surface area (TPSA) is 121 Å². The molecule has 2 amide bonds. The molecule has 1 aliphatic rings. The molecular weight excluding hydrogens is 260 g/mol. The average molecular weight is 276 g/mol. The molecular formula is C10H16N2O5S. The fraction of sp³-hybridized carbons (Fsp3) is 0.700. The van der Waals surface area contributed by atoms with Gasteiger partial charge in [0.25, 0.3) is 0 Å². The van der Waals surface area contributed by atoms with Crippen LogP contribution in [0.2, 0.25) is 0 Å². The van der Waals surface area contributed by atoms with Gasteiger partial charge in [-0.25, -0.2) is 4.79 Å². The molecule has 0 saturated carbocycles. The summed E-state index contributed by atoms with van der Waals surface area (Å²) in [6, 6.07) is -0.950. The van der Waals surface area contributed by atoms with E-state index < -0.39 is 24.0 Å². The molecule has 4 N–H and O–H groups in total. The first-order valence-electron chi connectivity index (χ1n) is 5.48. The van der Waals surface area contributed by atoms with Crippen molar-refractivity contribution < 1.29 is 24.6 Å². The van der Waals surface area contributed by atoms with E-state index in [0.29, 0.717) is 5.75 Å². The van der Waals surface area contributed by atoms with Crippen molar-refractivity contribution in [3.63, 3.8) is 0 Å². The van der Waals surface area contributed by atoms with Crippen LogP contribution in [0.15, 0.2) is 0 Å². The summed E-state index contributed by atoms with van der Waals surface area (Å²) in [6.07, 6.45) is -0.586. The molecule has 0 aromatic rings. The van der Waals surface area contributed by atoms with E-state index >= 15 is 0 Å². The number of rotatable bonds is 6. The maximum Gasteiger partial charge on any atom is 0.326 e. The lowest BCUT2D eigenvalue weighted by Crippen LogP contribution is -2.40. The van der Waals surface area contributed by atoms with Gasteiger partial charge < -0.3 is 20.8 Å². The number of aliphatic carboxylic acids is 1. The number of primary amides is 1. The third-order valence-electron chi connectivity index (χ3n) is 2.59. The third kappa shape index (κ3) is 4.19. The second kappa shape index (κ2) is 6.60. The smallest absolute Gasteiger partial charge is 0.326 e. The number of nitrogens with zero attached hydrogens (tertiary/aromatic N) is 1. The summed E-state index contributed by atoms with van der Waals surface area (Å²) < 4.78 is 0. The predicted octanol–water partition coefficient (Wildman–Crippen LogP) is -1.36. The molecule has 1 heterocycles. The Morgan fingerprint density at radius 1 is 1.39 bits per heavy atom. The van der Waals surface area contributed by atoms with Crippen LogP contribution in [0.5, 0.6) is 0 Å². The molecule has 7 nitrogen and oxygen atoms in total. The molecule has 0 aromatic heterocycles. The highest BCUT2D eigenvalue weighted by atomic mass is 32.2. The number of carboxylic acid groups (broad SMARTS) is 1. The summed E-state index contributed by atoms with van der Waals surface area (Å²) in [4.78, 5) is 34.3. The fourth-order valence-corrected chi connectivity index (χ4v) is 2.46. The summed E-state index contributed by atoms with van der Waals surface area (Å²) in [6.45, 7) is 0.0519. The number of hydrogen-bond acceptors (Lipinski definition) is 5. The van der Waals surface area contributed by atoms with Gasteiger partial charge in [0, 0.05) is 25.1 Å². The van der Waals surface area contributed by atoms with Gasteiger partial charge in [-0.15, -0.1) is 0 Å². The molecule has 0 aliphatic carbocycles. The van der Waals surface area contributed by atoms with Crippen molar-refractivity contribution >= 4 is 29.5 Å². The Hall–Kier alpha value is -1.28. The van der Waals surface area contributed by atoms with Gasteiger partial charge in [-0.2, -0.15) is 11.8 Å². The highest BCUT2D eigenvalue weighted by Gasteiger charge is 2.38. The maximum absolute atomic E-state index is 11.8. The van der Waals surface area contributed by atoms with Gasteiger partial charge >= 0.3 is 5.97 Å². The van der Waals surface area contributed by atoms with Gasteiger partial charge in [0.2, 0.25) is 11.8 Å². The minimum absolute atomic E-state index is 0.0519. The summed E-state index contributed by atoms with van der Waals surface area (Å²) in [7, 11) is 0. The van der Waals surface area contributed by atoms with Crippen molar-refractivity contribution in [3.8, 4) is 0 Å². The van der Waals surface area contributed by atoms with Crippen molar-refractivity contribution in [2.45, 2.75) is 25.0 Å². The van der Waals surface area contributed by atoms with Crippen LogP contribution in [0.3, 0.4) is 0 Å². The van der Waals surface area contributed by atoms with E-state index in [2.05, 4.69) is 0 Å². The number of aliphatic hydroxyl groups is 1. The lowest BCUT2D eigenvalue weighted by molar-refractivity contribution is -0.148. The van der Waals surface area contributed by atoms with Gasteiger partial charge in [0.05, 0.1) is 11.9 Å². The zero-order valence-corrected chi connectivity index (χ0v) is 10.6. The maximum atomic E-state index is 11.8. The first-order chi connectivity index (χ1) is 8.41. The SMILES string of the molecule is NC(=O)CSCCC(=O)N1C[C@H](O)C[C@@H]1C(=O)O. The number of carboxylic acids is 1. The van der Waals surface area contributed by atoms with Gasteiger partial charge in [-0.3, -0.25) is 9.59 Å². The Kier molecular flexibility index (Phi) is 5.42. The molecule has 0 bridgehead atoms. The molecule has 18 heavy (non-hydrogen) atoms. The van der Waals surface area contributed by atoms with Gasteiger partial charge in [0.15, 0.2) is 0 Å². The number of likely N-dealkylation sites (tertiary alicyclic amines) is 1. The largest absolute Gasteiger partial charge is 0.480 e. The molecule has 0 radical (unpaired) electrons. The predicted molar refractivity (Wildman–Crippen MR) is 64.9 cm³/mol. The summed E-state index contributed by atoms with van der Waals surface area (Å²) in [5.74, 6) is -1.34. The quantitative estimate of drug-likeness (QED) is 0.515. The average Bonchev–Trinajstić information content (AvgIpc) is 2.66. The van der Waals surface area contributed by atoms with E-state index in [1.54, 1.807) is 0 Å². The van der Waals surface area contributed by atoms with E-state index in [1.165, 1.54) is 16.7 Å². The molecule has 0 spiro atoms. The Labute approximate surface area is 108 Å². The van der Waals surface area contributed by atoms with E-state index in [-0.39, 0.29) is 31.0 Å². The summed E-state index contributed by atoms with van der Waals surface area (Å²) in [5, 5.41) is 18.3. The van der Waals surface area contributed by atoms with Crippen LogP contribution in [0.1, 0.15) is 12.8 Å². The first kappa shape index (κ1) is 14.8. The lowest BCUT2D eigenvalue weighted by atomic mass is 10.2. The van der Waals surface area contributed by atoms with Gasteiger partial charge in [-0.05, 0) is 0 Å². The van der Waals surface area contributed by atoms with Crippen LogP contribution < -0.4 is 5.73 Å². The molecule has 102 valence electrons. The Balaban J connectivity index is 2.40. The first-order valence-corrected chi connectivity index (χ1v) is 6.63. The lowest BCUT2D eigenvalue weighted by Gasteiger charge is -2.20.